The zero-order valence-corrected chi connectivity index (χ0v) is 17.1. The summed E-state index contributed by atoms with van der Waals surface area (Å²) in [5.74, 6) is 3.13. The molecule has 1 aromatic heterocycles. The number of hydrogen-bond acceptors (Lipinski definition) is 4. The molecule has 0 atom stereocenters. The summed E-state index contributed by atoms with van der Waals surface area (Å²) in [5.41, 5.74) is 1.07. The van der Waals surface area contributed by atoms with Gasteiger partial charge < -0.3 is 4.74 Å². The van der Waals surface area contributed by atoms with Crippen LogP contribution in [0.15, 0.2) is 24.3 Å². The molecule has 0 spiro atoms. The van der Waals surface area contributed by atoms with Crippen LogP contribution >= 0.6 is 12.2 Å². The van der Waals surface area contributed by atoms with Crippen LogP contribution in [-0.4, -0.2) is 39.4 Å². The molecule has 0 saturated carbocycles. The van der Waals surface area contributed by atoms with Crippen molar-refractivity contribution < 1.29 is 4.74 Å². The molecule has 2 aromatic rings. The number of benzene rings is 1. The Balaban J connectivity index is 1.90. The maximum absolute atomic E-state index is 5.78. The number of piperidine rings is 1. The second-order valence-electron chi connectivity index (χ2n) is 7.78. The Morgan fingerprint density at radius 1 is 1.19 bits per heavy atom. The van der Waals surface area contributed by atoms with Gasteiger partial charge in [-0.25, -0.2) is 4.68 Å². The van der Waals surface area contributed by atoms with Crippen molar-refractivity contribution in [3.05, 3.63) is 29.0 Å². The van der Waals surface area contributed by atoms with Crippen LogP contribution in [-0.2, 0) is 13.2 Å². The summed E-state index contributed by atoms with van der Waals surface area (Å²) in [4.78, 5) is 2.46. The zero-order valence-electron chi connectivity index (χ0n) is 16.3. The van der Waals surface area contributed by atoms with E-state index < -0.39 is 0 Å². The molecule has 142 valence electrons. The van der Waals surface area contributed by atoms with Crippen molar-refractivity contribution in [1.29, 1.82) is 0 Å². The molecular formula is C20H30N4OS. The highest BCUT2D eigenvalue weighted by molar-refractivity contribution is 7.71. The molecule has 0 aliphatic carbocycles. The molecule has 0 bridgehead atoms. The predicted molar refractivity (Wildman–Crippen MR) is 108 cm³/mol. The van der Waals surface area contributed by atoms with Gasteiger partial charge in [-0.3, -0.25) is 9.47 Å². The Bertz CT molecular complexity index is 770. The second kappa shape index (κ2) is 8.35. The highest BCUT2D eigenvalue weighted by Gasteiger charge is 2.19. The first-order valence-corrected chi connectivity index (χ1v) is 9.93. The summed E-state index contributed by atoms with van der Waals surface area (Å²) in [6.07, 6.45) is 2.51. The quantitative estimate of drug-likeness (QED) is 0.701. The van der Waals surface area contributed by atoms with Crippen molar-refractivity contribution in [1.82, 2.24) is 19.2 Å². The first-order chi connectivity index (χ1) is 12.5. The Hall–Kier alpha value is -1.66. The molecule has 0 N–H and O–H groups in total. The van der Waals surface area contributed by atoms with Gasteiger partial charge in [0, 0.05) is 25.2 Å². The fraction of sp³-hybridized carbons (Fsp3) is 0.600. The summed E-state index contributed by atoms with van der Waals surface area (Å²) in [6.45, 7) is 10.7. The molecule has 1 aliphatic rings. The van der Waals surface area contributed by atoms with Gasteiger partial charge >= 0.3 is 0 Å². The molecule has 0 unspecified atom stereocenters. The molecule has 0 radical (unpaired) electrons. The summed E-state index contributed by atoms with van der Waals surface area (Å²) >= 11 is 5.78. The van der Waals surface area contributed by atoms with Crippen LogP contribution in [0.2, 0.25) is 0 Å². The Morgan fingerprint density at radius 2 is 1.85 bits per heavy atom. The van der Waals surface area contributed by atoms with Gasteiger partial charge in [0.15, 0.2) is 10.6 Å². The molecule has 1 aromatic carbocycles. The van der Waals surface area contributed by atoms with Crippen molar-refractivity contribution in [3.8, 4) is 17.1 Å². The van der Waals surface area contributed by atoms with E-state index in [-0.39, 0.29) is 0 Å². The van der Waals surface area contributed by atoms with Crippen LogP contribution in [0, 0.1) is 16.6 Å². The molecule has 5 nitrogen and oxygen atoms in total. The first kappa shape index (κ1) is 19.1. The van der Waals surface area contributed by atoms with Crippen LogP contribution in [0.3, 0.4) is 0 Å². The maximum atomic E-state index is 5.78. The lowest BCUT2D eigenvalue weighted by Crippen LogP contribution is -2.34. The van der Waals surface area contributed by atoms with Crippen LogP contribution in [0.4, 0.5) is 0 Å². The van der Waals surface area contributed by atoms with Gasteiger partial charge in [-0.2, -0.15) is 5.10 Å². The minimum absolute atomic E-state index is 0.507. The molecule has 0 amide bonds. The molecule has 1 saturated heterocycles. The van der Waals surface area contributed by atoms with Gasteiger partial charge in [0.25, 0.3) is 0 Å². The number of nitrogens with zero attached hydrogens (tertiary/aromatic N) is 4. The van der Waals surface area contributed by atoms with Gasteiger partial charge in [-0.1, -0.05) is 20.8 Å². The van der Waals surface area contributed by atoms with E-state index in [4.69, 9.17) is 22.1 Å². The van der Waals surface area contributed by atoms with E-state index in [2.05, 4.69) is 42.4 Å². The van der Waals surface area contributed by atoms with Crippen molar-refractivity contribution >= 4 is 12.2 Å². The topological polar surface area (TPSA) is 35.2 Å². The normalized spacial score (nSPS) is 16.3. The molecule has 26 heavy (non-hydrogen) atoms. The number of methoxy groups -OCH3 is 1. The maximum Gasteiger partial charge on any atom is 0.199 e. The number of ether oxygens (including phenoxy) is 1. The van der Waals surface area contributed by atoms with Crippen molar-refractivity contribution in [2.75, 3.05) is 20.2 Å². The lowest BCUT2D eigenvalue weighted by molar-refractivity contribution is 0.145. The smallest absolute Gasteiger partial charge is 0.199 e. The summed E-state index contributed by atoms with van der Waals surface area (Å²) < 4.78 is 10.3. The second-order valence-corrected chi connectivity index (χ2v) is 8.15. The van der Waals surface area contributed by atoms with Gasteiger partial charge in [-0.15, -0.1) is 0 Å². The molecule has 1 aliphatic heterocycles. The van der Waals surface area contributed by atoms with Gasteiger partial charge in [0.05, 0.1) is 13.8 Å². The van der Waals surface area contributed by atoms with E-state index in [1.54, 1.807) is 7.11 Å². The Morgan fingerprint density at radius 3 is 2.42 bits per heavy atom. The highest BCUT2D eigenvalue weighted by Crippen LogP contribution is 2.23. The fourth-order valence-electron chi connectivity index (χ4n) is 3.41. The lowest BCUT2D eigenvalue weighted by Gasteiger charge is -2.29. The number of likely N-dealkylation sites (tertiary alicyclic amines) is 1. The summed E-state index contributed by atoms with van der Waals surface area (Å²) in [6, 6.07) is 8.06. The average Bonchev–Trinajstić information content (AvgIpc) is 2.93. The van der Waals surface area contributed by atoms with Crippen molar-refractivity contribution in [3.63, 3.8) is 0 Å². The first-order valence-electron chi connectivity index (χ1n) is 9.52. The van der Waals surface area contributed by atoms with Crippen molar-refractivity contribution in [2.24, 2.45) is 11.8 Å². The van der Waals surface area contributed by atoms with E-state index in [1.165, 1.54) is 12.8 Å². The van der Waals surface area contributed by atoms with Crippen LogP contribution in [0.5, 0.6) is 5.75 Å². The lowest BCUT2D eigenvalue weighted by atomic mass is 10.00. The summed E-state index contributed by atoms with van der Waals surface area (Å²) in [5, 5.41) is 4.89. The predicted octanol–water partition coefficient (Wildman–Crippen LogP) is 4.44. The van der Waals surface area contributed by atoms with Crippen LogP contribution < -0.4 is 4.74 Å². The summed E-state index contributed by atoms with van der Waals surface area (Å²) in [7, 11) is 1.68. The monoisotopic (exact) mass is 374 g/mol. The number of hydrogen-bond donors (Lipinski definition) is 0. The SMILES string of the molecule is COc1ccc(-c2nn(CN3CCC(C)CC3)c(=S)n2CC(C)C)cc1. The molecular weight excluding hydrogens is 344 g/mol. The average molecular weight is 375 g/mol. The molecule has 1 fully saturated rings. The fourth-order valence-corrected chi connectivity index (χ4v) is 3.67. The third kappa shape index (κ3) is 4.35. The third-order valence-corrected chi connectivity index (χ3v) is 5.46. The highest BCUT2D eigenvalue weighted by atomic mass is 32.1. The largest absolute Gasteiger partial charge is 0.497 e. The molecule has 2 heterocycles. The molecule has 6 heteroatoms. The van der Waals surface area contributed by atoms with Gasteiger partial charge in [0.2, 0.25) is 0 Å². The van der Waals surface area contributed by atoms with E-state index in [0.29, 0.717) is 5.92 Å². The Kier molecular flexibility index (Phi) is 6.14. The minimum atomic E-state index is 0.507. The minimum Gasteiger partial charge on any atom is -0.497 e. The standard InChI is InChI=1S/C20H30N4OS/c1-15(2)13-23-19(17-5-7-18(25-4)8-6-17)21-24(20(23)26)14-22-11-9-16(3)10-12-22/h5-8,15-16H,9-14H2,1-4H3. The molecule has 3 rings (SSSR count). The zero-order chi connectivity index (χ0) is 18.7. The van der Waals surface area contributed by atoms with Gasteiger partial charge in [-0.05, 0) is 61.2 Å². The van der Waals surface area contributed by atoms with Crippen molar-refractivity contribution in [2.45, 2.75) is 46.8 Å². The van der Waals surface area contributed by atoms with E-state index in [0.717, 1.165) is 54.1 Å². The Labute approximate surface area is 161 Å². The van der Waals surface area contributed by atoms with E-state index in [9.17, 15) is 0 Å². The van der Waals surface area contributed by atoms with E-state index in [1.807, 2.05) is 16.8 Å². The van der Waals surface area contributed by atoms with E-state index >= 15 is 0 Å². The number of rotatable bonds is 6. The number of aromatic nitrogens is 3. The van der Waals surface area contributed by atoms with Gasteiger partial charge in [0.1, 0.15) is 5.75 Å². The van der Waals surface area contributed by atoms with Crippen LogP contribution in [0.1, 0.15) is 33.6 Å². The van der Waals surface area contributed by atoms with Crippen LogP contribution in [0.25, 0.3) is 11.4 Å². The third-order valence-electron chi connectivity index (χ3n) is 5.03.